The van der Waals surface area contributed by atoms with Crippen molar-refractivity contribution >= 4 is 35.8 Å². The van der Waals surface area contributed by atoms with Crippen LogP contribution in [0.25, 0.3) is 0 Å². The number of hydrogen-bond donors (Lipinski definition) is 2. The minimum Gasteiger partial charge on any atom is -0.489 e. The lowest BCUT2D eigenvalue weighted by Gasteiger charge is -2.31. The minimum absolute atomic E-state index is 0. The highest BCUT2D eigenvalue weighted by molar-refractivity contribution is 14.0. The van der Waals surface area contributed by atoms with E-state index in [9.17, 15) is 4.79 Å². The molecule has 1 aromatic carbocycles. The number of guanidine groups is 1. The SMILES string of the molecule is CCNC(=NCC(C)Oc1ccc(C)cc1)NC1CCC(=O)N(C)C1.I. The summed E-state index contributed by atoms with van der Waals surface area (Å²) in [5.41, 5.74) is 1.22. The Bertz CT molecular complexity index is 592. The van der Waals surface area contributed by atoms with E-state index >= 15 is 0 Å². The van der Waals surface area contributed by atoms with Gasteiger partial charge >= 0.3 is 0 Å². The van der Waals surface area contributed by atoms with Crippen molar-refractivity contribution in [3.8, 4) is 5.75 Å². The van der Waals surface area contributed by atoms with Crippen molar-refractivity contribution in [2.45, 2.75) is 45.8 Å². The van der Waals surface area contributed by atoms with Crippen LogP contribution in [0, 0.1) is 6.92 Å². The predicted octanol–water partition coefficient (Wildman–Crippen LogP) is 2.56. The van der Waals surface area contributed by atoms with Crippen LogP contribution in [0.3, 0.4) is 0 Å². The highest BCUT2D eigenvalue weighted by Crippen LogP contribution is 2.13. The normalized spacial score (nSPS) is 18.8. The van der Waals surface area contributed by atoms with Crippen LogP contribution < -0.4 is 15.4 Å². The molecule has 1 fully saturated rings. The molecule has 26 heavy (non-hydrogen) atoms. The summed E-state index contributed by atoms with van der Waals surface area (Å²) in [4.78, 5) is 18.0. The van der Waals surface area contributed by atoms with Gasteiger partial charge in [-0.1, -0.05) is 17.7 Å². The van der Waals surface area contributed by atoms with E-state index in [4.69, 9.17) is 4.74 Å². The number of aryl methyl sites for hydroxylation is 1. The Kier molecular flexibility index (Phi) is 9.75. The fourth-order valence-electron chi connectivity index (χ4n) is 2.75. The molecule has 146 valence electrons. The third-order valence-corrected chi connectivity index (χ3v) is 4.18. The Balaban J connectivity index is 0.00000338. The molecule has 1 aliphatic rings. The Morgan fingerprint density at radius 3 is 2.69 bits per heavy atom. The van der Waals surface area contributed by atoms with E-state index in [1.807, 2.05) is 45.2 Å². The van der Waals surface area contributed by atoms with E-state index in [1.54, 1.807) is 4.90 Å². The van der Waals surface area contributed by atoms with Crippen LogP contribution >= 0.6 is 24.0 Å². The van der Waals surface area contributed by atoms with Crippen LogP contribution in [-0.2, 0) is 4.79 Å². The number of benzene rings is 1. The molecule has 0 radical (unpaired) electrons. The molecule has 0 bridgehead atoms. The molecule has 6 nitrogen and oxygen atoms in total. The van der Waals surface area contributed by atoms with Crippen molar-refractivity contribution in [2.24, 2.45) is 4.99 Å². The van der Waals surface area contributed by atoms with Crippen LogP contribution in [0.5, 0.6) is 5.75 Å². The second-order valence-electron chi connectivity index (χ2n) is 6.62. The molecule has 2 N–H and O–H groups in total. The zero-order valence-corrected chi connectivity index (χ0v) is 18.4. The molecule has 2 atom stereocenters. The Morgan fingerprint density at radius 2 is 2.08 bits per heavy atom. The standard InChI is InChI=1S/C19H30N4O2.HI/c1-5-20-19(22-16-8-11-18(24)23(4)13-16)21-12-15(3)25-17-9-6-14(2)7-10-17;/h6-7,9-10,15-16H,5,8,11-13H2,1-4H3,(H2,20,21,22);1H. The molecular formula is C19H31IN4O2. The summed E-state index contributed by atoms with van der Waals surface area (Å²) in [5, 5.41) is 6.69. The number of amides is 1. The van der Waals surface area contributed by atoms with Crippen LogP contribution in [0.4, 0.5) is 0 Å². The molecule has 2 unspecified atom stereocenters. The molecule has 1 saturated heterocycles. The zero-order chi connectivity index (χ0) is 18.2. The molecular weight excluding hydrogens is 443 g/mol. The highest BCUT2D eigenvalue weighted by atomic mass is 127. The van der Waals surface area contributed by atoms with E-state index in [0.717, 1.165) is 24.7 Å². The summed E-state index contributed by atoms with van der Waals surface area (Å²) in [6.45, 7) is 8.17. The number of aliphatic imine (C=N–C) groups is 1. The maximum absolute atomic E-state index is 11.6. The van der Waals surface area contributed by atoms with E-state index < -0.39 is 0 Å². The van der Waals surface area contributed by atoms with Gasteiger partial charge in [0.15, 0.2) is 5.96 Å². The number of halogens is 1. The molecule has 1 heterocycles. The Labute approximate surface area is 173 Å². The monoisotopic (exact) mass is 474 g/mol. The second-order valence-corrected chi connectivity index (χ2v) is 6.62. The van der Waals surface area contributed by atoms with Gasteiger partial charge in [-0.2, -0.15) is 0 Å². The molecule has 0 saturated carbocycles. The number of carbonyl (C=O) groups is 1. The molecule has 1 aromatic rings. The van der Waals surface area contributed by atoms with Crippen molar-refractivity contribution in [3.63, 3.8) is 0 Å². The van der Waals surface area contributed by atoms with E-state index in [-0.39, 0.29) is 42.0 Å². The molecule has 0 aliphatic carbocycles. The van der Waals surface area contributed by atoms with E-state index in [1.165, 1.54) is 5.56 Å². The number of carbonyl (C=O) groups excluding carboxylic acids is 1. The van der Waals surface area contributed by atoms with Crippen LogP contribution in [0.15, 0.2) is 29.3 Å². The Morgan fingerprint density at radius 1 is 1.38 bits per heavy atom. The topological polar surface area (TPSA) is 66.0 Å². The molecule has 0 spiro atoms. The van der Waals surface area contributed by atoms with Gasteiger partial charge in [0.05, 0.1) is 6.54 Å². The molecule has 0 aromatic heterocycles. The first-order chi connectivity index (χ1) is 12.0. The van der Waals surface area contributed by atoms with Gasteiger partial charge in [-0.05, 0) is 39.3 Å². The fourth-order valence-corrected chi connectivity index (χ4v) is 2.75. The molecule has 2 rings (SSSR count). The van der Waals surface area contributed by atoms with Gasteiger partial charge in [-0.3, -0.25) is 4.79 Å². The number of likely N-dealkylation sites (tertiary alicyclic amines) is 1. The van der Waals surface area contributed by atoms with E-state index in [2.05, 4.69) is 22.5 Å². The summed E-state index contributed by atoms with van der Waals surface area (Å²) in [6.07, 6.45) is 1.40. The number of rotatable bonds is 6. The lowest BCUT2D eigenvalue weighted by Crippen LogP contribution is -2.51. The van der Waals surface area contributed by atoms with Gasteiger partial charge in [-0.25, -0.2) is 4.99 Å². The van der Waals surface area contributed by atoms with Crippen LogP contribution in [0.2, 0.25) is 0 Å². The van der Waals surface area contributed by atoms with Crippen LogP contribution in [0.1, 0.15) is 32.3 Å². The van der Waals surface area contributed by atoms with Gasteiger partial charge in [0.25, 0.3) is 0 Å². The molecule has 7 heteroatoms. The van der Waals surface area contributed by atoms with Crippen molar-refractivity contribution in [1.29, 1.82) is 0 Å². The first-order valence-corrected chi connectivity index (χ1v) is 9.00. The predicted molar refractivity (Wildman–Crippen MR) is 116 cm³/mol. The maximum atomic E-state index is 11.6. The van der Waals surface area contributed by atoms with Gasteiger partial charge in [-0.15, -0.1) is 24.0 Å². The number of nitrogens with zero attached hydrogens (tertiary/aromatic N) is 2. The summed E-state index contributed by atoms with van der Waals surface area (Å²) >= 11 is 0. The summed E-state index contributed by atoms with van der Waals surface area (Å²) in [7, 11) is 1.84. The number of hydrogen-bond acceptors (Lipinski definition) is 3. The average Bonchev–Trinajstić information content (AvgIpc) is 2.58. The molecule has 1 aliphatic heterocycles. The maximum Gasteiger partial charge on any atom is 0.222 e. The highest BCUT2D eigenvalue weighted by Gasteiger charge is 2.23. The first kappa shape index (κ1) is 22.5. The fraction of sp³-hybridized carbons (Fsp3) is 0.579. The number of nitrogens with one attached hydrogen (secondary N) is 2. The van der Waals surface area contributed by atoms with Crippen LogP contribution in [-0.4, -0.2) is 55.6 Å². The third kappa shape index (κ3) is 7.39. The minimum atomic E-state index is -0.0197. The number of likely N-dealkylation sites (N-methyl/N-ethyl adjacent to an activating group) is 1. The van der Waals surface area contributed by atoms with Crippen molar-refractivity contribution in [2.75, 3.05) is 26.7 Å². The van der Waals surface area contributed by atoms with Crippen molar-refractivity contribution in [1.82, 2.24) is 15.5 Å². The number of piperidine rings is 1. The molecule has 1 amide bonds. The first-order valence-electron chi connectivity index (χ1n) is 9.00. The van der Waals surface area contributed by atoms with Crippen molar-refractivity contribution in [3.05, 3.63) is 29.8 Å². The van der Waals surface area contributed by atoms with Gasteiger partial charge in [0.2, 0.25) is 5.91 Å². The number of ether oxygens (including phenoxy) is 1. The zero-order valence-electron chi connectivity index (χ0n) is 16.1. The van der Waals surface area contributed by atoms with Crippen molar-refractivity contribution < 1.29 is 9.53 Å². The lowest BCUT2D eigenvalue weighted by molar-refractivity contribution is -0.132. The summed E-state index contributed by atoms with van der Waals surface area (Å²) in [5.74, 6) is 1.84. The lowest BCUT2D eigenvalue weighted by atomic mass is 10.1. The average molecular weight is 474 g/mol. The smallest absolute Gasteiger partial charge is 0.222 e. The summed E-state index contributed by atoms with van der Waals surface area (Å²) < 4.78 is 5.90. The van der Waals surface area contributed by atoms with E-state index in [0.29, 0.717) is 19.5 Å². The van der Waals surface area contributed by atoms with Gasteiger partial charge < -0.3 is 20.3 Å². The second kappa shape index (κ2) is 11.3. The quantitative estimate of drug-likeness (QED) is 0.378. The Hall–Kier alpha value is -1.51. The third-order valence-electron chi connectivity index (χ3n) is 4.18. The summed E-state index contributed by atoms with van der Waals surface area (Å²) in [6, 6.07) is 8.27. The largest absolute Gasteiger partial charge is 0.489 e. The van der Waals surface area contributed by atoms with Gasteiger partial charge in [0, 0.05) is 32.6 Å². The van der Waals surface area contributed by atoms with Gasteiger partial charge in [0.1, 0.15) is 11.9 Å².